The molecule has 182 valence electrons. The van der Waals surface area contributed by atoms with Crippen molar-refractivity contribution in [2.24, 2.45) is 7.05 Å². The first-order valence-corrected chi connectivity index (χ1v) is 13.6. The maximum atomic E-state index is 9.16. The average molecular weight is 483 g/mol. The zero-order valence-corrected chi connectivity index (χ0v) is 21.7. The van der Waals surface area contributed by atoms with Gasteiger partial charge in [0.1, 0.15) is 12.6 Å². The number of aromatic nitrogens is 2. The first kappa shape index (κ1) is 21.2. The van der Waals surface area contributed by atoms with E-state index < -0.39 is 5.89 Å². The van der Waals surface area contributed by atoms with Crippen LogP contribution in [0.3, 0.4) is 0 Å². The van der Waals surface area contributed by atoms with E-state index in [4.69, 9.17) is 1.37 Å². The van der Waals surface area contributed by atoms with E-state index in [1.165, 1.54) is 67.1 Å². The molecule has 0 unspecified atom stereocenters. The maximum Gasteiger partial charge on any atom is 0.213 e. The molecule has 0 spiro atoms. The minimum absolute atomic E-state index is 0.444. The van der Waals surface area contributed by atoms with Crippen molar-refractivity contribution in [3.8, 4) is 16.9 Å². The lowest BCUT2D eigenvalue weighted by Crippen LogP contribution is -2.30. The summed E-state index contributed by atoms with van der Waals surface area (Å²) in [5.41, 5.74) is 8.50. The predicted octanol–water partition coefficient (Wildman–Crippen LogP) is 8.78. The highest BCUT2D eigenvalue weighted by molar-refractivity contribution is 6.09. The van der Waals surface area contributed by atoms with Crippen molar-refractivity contribution in [1.82, 2.24) is 4.57 Å². The number of rotatable bonds is 3. The standard InChI is InChI=1S/C35H33N2/c1-24-19-26-17-18-27(25-11-5-3-6-12-25)20-28(26)21-31(24)34-22-32-30-15-9-10-16-33(30)37(35(32)23-36(34)2)29-13-7-4-8-14-29/h4,7-10,13-23,25H,3,5-6,11-12H2,1-2H3/q+1/i25D. The van der Waals surface area contributed by atoms with Crippen molar-refractivity contribution in [2.75, 3.05) is 0 Å². The minimum Gasteiger partial charge on any atom is -0.304 e. The monoisotopic (exact) mass is 482 g/mol. The lowest BCUT2D eigenvalue weighted by Gasteiger charge is -2.22. The summed E-state index contributed by atoms with van der Waals surface area (Å²) < 4.78 is 13.8. The molecule has 0 amide bonds. The molecule has 2 heterocycles. The highest BCUT2D eigenvalue weighted by Crippen LogP contribution is 2.37. The van der Waals surface area contributed by atoms with E-state index in [-0.39, 0.29) is 0 Å². The Bertz CT molecular complexity index is 1820. The van der Waals surface area contributed by atoms with E-state index in [2.05, 4.69) is 120 Å². The van der Waals surface area contributed by atoms with Crippen molar-refractivity contribution < 1.29 is 5.94 Å². The Morgan fingerprint density at radius 3 is 2.38 bits per heavy atom. The molecular formula is C35H33N2+. The van der Waals surface area contributed by atoms with Crippen LogP contribution in [0.25, 0.3) is 49.5 Å². The van der Waals surface area contributed by atoms with Gasteiger partial charge in [-0.1, -0.05) is 79.9 Å². The molecule has 2 heteroatoms. The SMILES string of the molecule is [2H]C1(c2ccc3cc(C)c(-c4cc5c6ccccc6n(-c6ccccc6)c5c[n+]4C)cc3c2)CCCCC1. The molecule has 0 radical (unpaired) electrons. The molecule has 2 nitrogen and oxygen atoms in total. The third-order valence-corrected chi connectivity index (χ3v) is 8.27. The molecule has 1 fully saturated rings. The van der Waals surface area contributed by atoms with Gasteiger partial charge in [-0.05, 0) is 71.8 Å². The van der Waals surface area contributed by atoms with Crippen LogP contribution >= 0.6 is 0 Å². The highest BCUT2D eigenvalue weighted by atomic mass is 15.0. The van der Waals surface area contributed by atoms with Gasteiger partial charge in [0, 0.05) is 29.5 Å². The van der Waals surface area contributed by atoms with Gasteiger partial charge >= 0.3 is 0 Å². The van der Waals surface area contributed by atoms with Crippen molar-refractivity contribution >= 4 is 32.6 Å². The van der Waals surface area contributed by atoms with Crippen LogP contribution in [0, 0.1) is 6.92 Å². The number of fused-ring (bicyclic) bond motifs is 4. The Balaban J connectivity index is 1.43. The van der Waals surface area contributed by atoms with E-state index in [1.54, 1.807) is 0 Å². The summed E-state index contributed by atoms with van der Waals surface area (Å²) in [5.74, 6) is -0.444. The van der Waals surface area contributed by atoms with Gasteiger partial charge in [-0.15, -0.1) is 0 Å². The third kappa shape index (κ3) is 3.74. The summed E-state index contributed by atoms with van der Waals surface area (Å²) in [7, 11) is 2.16. The molecule has 0 N–H and O–H groups in total. The maximum absolute atomic E-state index is 9.16. The third-order valence-electron chi connectivity index (χ3n) is 8.27. The molecule has 1 saturated carbocycles. The van der Waals surface area contributed by atoms with Gasteiger partial charge in [-0.25, -0.2) is 0 Å². The lowest BCUT2D eigenvalue weighted by molar-refractivity contribution is -0.659. The molecule has 0 saturated heterocycles. The second-order valence-electron chi connectivity index (χ2n) is 10.6. The van der Waals surface area contributed by atoms with E-state index in [1.807, 2.05) is 0 Å². The van der Waals surface area contributed by atoms with Gasteiger partial charge in [0.25, 0.3) is 0 Å². The summed E-state index contributed by atoms with van der Waals surface area (Å²) in [5, 5.41) is 5.01. The van der Waals surface area contributed by atoms with Gasteiger partial charge in [0.2, 0.25) is 5.69 Å². The Morgan fingerprint density at radius 1 is 0.757 bits per heavy atom. The van der Waals surface area contributed by atoms with Gasteiger partial charge in [0.05, 0.1) is 5.52 Å². The Hall–Kier alpha value is -3.91. The largest absolute Gasteiger partial charge is 0.304 e. The molecule has 0 atom stereocenters. The minimum atomic E-state index is -0.444. The molecule has 4 aromatic carbocycles. The quantitative estimate of drug-likeness (QED) is 0.223. The van der Waals surface area contributed by atoms with Crippen LogP contribution in [0.1, 0.15) is 50.5 Å². The van der Waals surface area contributed by atoms with Crippen LogP contribution in [0.5, 0.6) is 0 Å². The van der Waals surface area contributed by atoms with Crippen molar-refractivity contribution in [3.05, 3.63) is 108 Å². The fraction of sp³-hybridized carbons (Fsp3) is 0.229. The average Bonchev–Trinajstić information content (AvgIpc) is 3.26. The lowest BCUT2D eigenvalue weighted by atomic mass is 9.83. The zero-order valence-electron chi connectivity index (χ0n) is 22.7. The van der Waals surface area contributed by atoms with Gasteiger partial charge in [0.15, 0.2) is 6.20 Å². The highest BCUT2D eigenvalue weighted by Gasteiger charge is 2.21. The van der Waals surface area contributed by atoms with Crippen LogP contribution in [-0.4, -0.2) is 4.57 Å². The van der Waals surface area contributed by atoms with E-state index >= 15 is 0 Å². The number of hydrogen-bond donors (Lipinski definition) is 0. The Kier molecular flexibility index (Phi) is 5.09. The van der Waals surface area contributed by atoms with Crippen molar-refractivity contribution in [2.45, 2.75) is 44.9 Å². The summed E-state index contributed by atoms with van der Waals surface area (Å²) in [6.07, 6.45) is 7.79. The molecule has 1 aliphatic rings. The van der Waals surface area contributed by atoms with E-state index in [9.17, 15) is 0 Å². The fourth-order valence-electron chi connectivity index (χ4n) is 6.35. The smallest absolute Gasteiger partial charge is 0.213 e. The first-order chi connectivity index (χ1) is 18.5. The van der Waals surface area contributed by atoms with Gasteiger partial charge in [-0.2, -0.15) is 4.57 Å². The second kappa shape index (κ2) is 8.88. The summed E-state index contributed by atoms with van der Waals surface area (Å²) in [6, 6.07) is 33.1. The topological polar surface area (TPSA) is 8.81 Å². The Morgan fingerprint density at radius 2 is 1.54 bits per heavy atom. The molecule has 0 aliphatic heterocycles. The van der Waals surface area contributed by atoms with E-state index in [0.717, 1.165) is 25.7 Å². The summed E-state index contributed by atoms with van der Waals surface area (Å²) >= 11 is 0. The van der Waals surface area contributed by atoms with Crippen LogP contribution < -0.4 is 4.57 Å². The number of pyridine rings is 1. The molecule has 6 aromatic rings. The predicted molar refractivity (Wildman–Crippen MR) is 155 cm³/mol. The van der Waals surface area contributed by atoms with Crippen LogP contribution in [0.15, 0.2) is 97.2 Å². The van der Waals surface area contributed by atoms with Crippen molar-refractivity contribution in [1.29, 1.82) is 0 Å². The van der Waals surface area contributed by atoms with Crippen LogP contribution in [0.2, 0.25) is 0 Å². The molecule has 1 aliphatic carbocycles. The van der Waals surface area contributed by atoms with Gasteiger partial charge < -0.3 is 4.57 Å². The fourth-order valence-corrected chi connectivity index (χ4v) is 6.35. The van der Waals surface area contributed by atoms with Crippen LogP contribution in [0.4, 0.5) is 0 Å². The molecule has 7 rings (SSSR count). The number of nitrogens with zero attached hydrogens (tertiary/aromatic N) is 2. The second-order valence-corrected chi connectivity index (χ2v) is 10.6. The number of hydrogen-bond acceptors (Lipinski definition) is 0. The molecular weight excluding hydrogens is 448 g/mol. The van der Waals surface area contributed by atoms with E-state index in [0.29, 0.717) is 0 Å². The molecule has 0 bridgehead atoms. The van der Waals surface area contributed by atoms with Gasteiger partial charge in [-0.3, -0.25) is 0 Å². The summed E-state index contributed by atoms with van der Waals surface area (Å²) in [6.45, 7) is 2.22. The number of benzene rings is 4. The van der Waals surface area contributed by atoms with Crippen LogP contribution in [-0.2, 0) is 7.05 Å². The number of aryl methyl sites for hydroxylation is 2. The molecule has 37 heavy (non-hydrogen) atoms. The van der Waals surface area contributed by atoms with Crippen molar-refractivity contribution in [3.63, 3.8) is 0 Å². The normalized spacial score (nSPS) is 15.9. The Labute approximate surface area is 220 Å². The molecule has 2 aromatic heterocycles. The zero-order chi connectivity index (χ0) is 25.9. The first-order valence-electron chi connectivity index (χ1n) is 14.1. The summed E-state index contributed by atoms with van der Waals surface area (Å²) in [4.78, 5) is 0. The number of para-hydroxylation sites is 2.